The highest BCUT2D eigenvalue weighted by Gasteiger charge is 2.27. The Bertz CT molecular complexity index is 982. The summed E-state index contributed by atoms with van der Waals surface area (Å²) < 4.78 is 5.70. The van der Waals surface area contributed by atoms with E-state index in [9.17, 15) is 14.4 Å². The summed E-state index contributed by atoms with van der Waals surface area (Å²) >= 11 is 1.22. The van der Waals surface area contributed by atoms with Crippen molar-refractivity contribution in [2.45, 2.75) is 58.2 Å². The molecular formula is C23H30N4O4S. The number of anilines is 1. The zero-order valence-corrected chi connectivity index (χ0v) is 19.2. The predicted octanol–water partition coefficient (Wildman–Crippen LogP) is 3.60. The van der Waals surface area contributed by atoms with E-state index in [1.165, 1.54) is 11.3 Å². The lowest BCUT2D eigenvalue weighted by molar-refractivity contribution is -0.152. The number of nitrogens with one attached hydrogen (secondary N) is 2. The van der Waals surface area contributed by atoms with Crippen LogP contribution in [0.3, 0.4) is 0 Å². The summed E-state index contributed by atoms with van der Waals surface area (Å²) in [5.41, 5.74) is 12.7. The maximum Gasteiger partial charge on any atom is 0.323 e. The Morgan fingerprint density at radius 2 is 1.88 bits per heavy atom. The van der Waals surface area contributed by atoms with Crippen LogP contribution in [-0.4, -0.2) is 30.1 Å². The van der Waals surface area contributed by atoms with E-state index in [2.05, 4.69) is 10.6 Å². The third-order valence-electron chi connectivity index (χ3n) is 5.48. The van der Waals surface area contributed by atoms with E-state index in [4.69, 9.17) is 16.2 Å². The van der Waals surface area contributed by atoms with Crippen LogP contribution < -0.4 is 22.1 Å². The van der Waals surface area contributed by atoms with Crippen LogP contribution >= 0.6 is 11.3 Å². The van der Waals surface area contributed by atoms with Gasteiger partial charge in [-0.2, -0.15) is 0 Å². The number of ether oxygens (including phenoxy) is 1. The number of hydrogen-bond acceptors (Lipinski definition) is 6. The highest BCUT2D eigenvalue weighted by Crippen LogP contribution is 2.35. The molecule has 6 N–H and O–H groups in total. The van der Waals surface area contributed by atoms with Crippen molar-refractivity contribution in [3.05, 3.63) is 41.5 Å². The number of thiophene rings is 1. The minimum Gasteiger partial charge on any atom is -0.461 e. The van der Waals surface area contributed by atoms with Crippen molar-refractivity contribution in [1.82, 2.24) is 5.32 Å². The third kappa shape index (κ3) is 6.08. The number of rotatable bonds is 9. The lowest BCUT2D eigenvalue weighted by Gasteiger charge is -2.23. The quantitative estimate of drug-likeness (QED) is 0.426. The van der Waals surface area contributed by atoms with Crippen LogP contribution in [-0.2, 0) is 16.1 Å². The number of urea groups is 1. The Labute approximate surface area is 191 Å². The SMILES string of the molecule is CC(C)[C@H](NCc1cccc(-c2cc(C(N)=O)c(NC(N)=O)s2)c1)C(=O)OC1CCCC1. The molecule has 0 aliphatic heterocycles. The molecule has 1 aromatic heterocycles. The molecular weight excluding hydrogens is 428 g/mol. The minimum atomic E-state index is -0.761. The summed E-state index contributed by atoms with van der Waals surface area (Å²) in [6.07, 6.45) is 4.15. The average Bonchev–Trinajstić information content (AvgIpc) is 3.37. The van der Waals surface area contributed by atoms with Crippen molar-refractivity contribution < 1.29 is 19.1 Å². The fourth-order valence-corrected chi connectivity index (χ4v) is 4.88. The highest BCUT2D eigenvalue weighted by atomic mass is 32.1. The van der Waals surface area contributed by atoms with Crippen LogP contribution in [0.2, 0.25) is 0 Å². The van der Waals surface area contributed by atoms with Crippen molar-refractivity contribution in [1.29, 1.82) is 0 Å². The Balaban J connectivity index is 1.72. The van der Waals surface area contributed by atoms with Gasteiger partial charge in [0.25, 0.3) is 5.91 Å². The summed E-state index contributed by atoms with van der Waals surface area (Å²) in [4.78, 5) is 36.4. The third-order valence-corrected chi connectivity index (χ3v) is 6.58. The number of hydrogen-bond donors (Lipinski definition) is 4. The molecule has 1 fully saturated rings. The van der Waals surface area contributed by atoms with E-state index >= 15 is 0 Å². The molecule has 1 heterocycles. The van der Waals surface area contributed by atoms with Crippen molar-refractivity contribution in [3.63, 3.8) is 0 Å². The molecule has 9 heteroatoms. The first-order valence-corrected chi connectivity index (χ1v) is 11.6. The Hall–Kier alpha value is -2.91. The number of esters is 1. The second kappa shape index (κ2) is 10.6. The van der Waals surface area contributed by atoms with Crippen LogP contribution in [0.5, 0.6) is 0 Å². The molecule has 2 aromatic rings. The summed E-state index contributed by atoms with van der Waals surface area (Å²) in [5.74, 6) is -0.755. The van der Waals surface area contributed by atoms with Gasteiger partial charge in [-0.3, -0.25) is 14.9 Å². The molecule has 1 aromatic carbocycles. The lowest BCUT2D eigenvalue weighted by Crippen LogP contribution is -2.42. The molecule has 32 heavy (non-hydrogen) atoms. The molecule has 3 rings (SSSR count). The summed E-state index contributed by atoms with van der Waals surface area (Å²) in [7, 11) is 0. The molecule has 8 nitrogen and oxygen atoms in total. The van der Waals surface area contributed by atoms with E-state index in [0.29, 0.717) is 11.5 Å². The van der Waals surface area contributed by atoms with E-state index in [-0.39, 0.29) is 23.6 Å². The molecule has 1 aliphatic carbocycles. The first kappa shape index (κ1) is 23.7. The molecule has 0 radical (unpaired) electrons. The van der Waals surface area contributed by atoms with Crippen molar-refractivity contribution >= 4 is 34.2 Å². The monoisotopic (exact) mass is 458 g/mol. The molecule has 1 saturated carbocycles. The zero-order valence-electron chi connectivity index (χ0n) is 18.4. The van der Waals surface area contributed by atoms with E-state index in [1.807, 2.05) is 38.1 Å². The normalized spacial score (nSPS) is 15.0. The zero-order chi connectivity index (χ0) is 23.3. The lowest BCUT2D eigenvalue weighted by atomic mass is 10.0. The van der Waals surface area contributed by atoms with Gasteiger partial charge in [-0.15, -0.1) is 11.3 Å². The molecule has 1 aliphatic rings. The van der Waals surface area contributed by atoms with Crippen LogP contribution in [0.25, 0.3) is 10.4 Å². The number of carbonyl (C=O) groups is 3. The molecule has 172 valence electrons. The highest BCUT2D eigenvalue weighted by molar-refractivity contribution is 7.20. The summed E-state index contributed by atoms with van der Waals surface area (Å²) in [6.45, 7) is 4.47. The first-order valence-electron chi connectivity index (χ1n) is 10.8. The summed E-state index contributed by atoms with van der Waals surface area (Å²) in [5, 5.41) is 6.09. The molecule has 0 unspecified atom stereocenters. The minimum absolute atomic E-state index is 0.0374. The number of benzene rings is 1. The molecule has 0 saturated heterocycles. The molecule has 1 atom stereocenters. The van der Waals surface area contributed by atoms with E-state index < -0.39 is 18.0 Å². The van der Waals surface area contributed by atoms with Gasteiger partial charge in [-0.05, 0) is 54.9 Å². The number of primary amides is 2. The van der Waals surface area contributed by atoms with Crippen LogP contribution in [0, 0.1) is 5.92 Å². The van der Waals surface area contributed by atoms with Gasteiger partial charge in [0, 0.05) is 11.4 Å². The van der Waals surface area contributed by atoms with Gasteiger partial charge in [-0.25, -0.2) is 4.79 Å². The van der Waals surface area contributed by atoms with Crippen LogP contribution in [0.4, 0.5) is 9.80 Å². The topological polar surface area (TPSA) is 137 Å². The van der Waals surface area contributed by atoms with Crippen molar-refractivity contribution in [3.8, 4) is 10.4 Å². The largest absolute Gasteiger partial charge is 0.461 e. The van der Waals surface area contributed by atoms with Crippen LogP contribution in [0.15, 0.2) is 30.3 Å². The molecule has 3 amide bonds. The van der Waals surface area contributed by atoms with E-state index in [0.717, 1.165) is 41.7 Å². The fraction of sp³-hybridized carbons (Fsp3) is 0.435. The second-order valence-electron chi connectivity index (χ2n) is 8.35. The first-order chi connectivity index (χ1) is 15.2. The standard InChI is InChI=1S/C23H30N4O4S/c1-13(2)19(22(29)31-16-8-3-4-9-16)26-12-14-6-5-7-15(10-14)18-11-17(20(24)28)21(32-18)27-23(25)30/h5-7,10-11,13,16,19,26H,3-4,8-9,12H2,1-2H3,(H2,24,28)(H3,25,27,30)/t19-/m0/s1. The Morgan fingerprint density at radius 1 is 1.16 bits per heavy atom. The second-order valence-corrected chi connectivity index (χ2v) is 9.41. The Morgan fingerprint density at radius 3 is 2.50 bits per heavy atom. The van der Waals surface area contributed by atoms with Crippen molar-refractivity contribution in [2.75, 3.05) is 5.32 Å². The van der Waals surface area contributed by atoms with E-state index in [1.54, 1.807) is 6.07 Å². The Kier molecular flexibility index (Phi) is 7.87. The average molecular weight is 459 g/mol. The van der Waals surface area contributed by atoms with Gasteiger partial charge in [0.2, 0.25) is 0 Å². The molecule has 0 spiro atoms. The van der Waals surface area contributed by atoms with Crippen molar-refractivity contribution in [2.24, 2.45) is 17.4 Å². The maximum absolute atomic E-state index is 12.7. The predicted molar refractivity (Wildman–Crippen MR) is 125 cm³/mol. The number of amides is 3. The van der Waals surface area contributed by atoms with Gasteiger partial charge in [0.15, 0.2) is 0 Å². The van der Waals surface area contributed by atoms with Crippen LogP contribution in [0.1, 0.15) is 55.5 Å². The summed E-state index contributed by atoms with van der Waals surface area (Å²) in [6, 6.07) is 8.22. The smallest absolute Gasteiger partial charge is 0.323 e. The van der Waals surface area contributed by atoms with Gasteiger partial charge >= 0.3 is 12.0 Å². The fourth-order valence-electron chi connectivity index (χ4n) is 3.82. The number of nitrogens with two attached hydrogens (primary N) is 2. The van der Waals surface area contributed by atoms with Gasteiger partial charge in [0.05, 0.1) is 5.56 Å². The van der Waals surface area contributed by atoms with Gasteiger partial charge in [0.1, 0.15) is 17.1 Å². The number of carbonyl (C=O) groups excluding carboxylic acids is 3. The molecule has 0 bridgehead atoms. The maximum atomic E-state index is 12.7. The van der Waals surface area contributed by atoms with Gasteiger partial charge < -0.3 is 21.5 Å². The van der Waals surface area contributed by atoms with Gasteiger partial charge in [-0.1, -0.05) is 32.0 Å².